The van der Waals surface area contributed by atoms with E-state index in [-0.39, 0.29) is 5.82 Å². The Morgan fingerprint density at radius 3 is 2.10 bits per heavy atom. The second kappa shape index (κ2) is 6.92. The van der Waals surface area contributed by atoms with E-state index in [1.807, 2.05) is 36.4 Å². The standard InChI is InChI=1S/C27H25FGeN/c1-18-13-14-21-22-16-15-20(19-10-6-5-7-11-19)25(28)27(22)29(2,3)26(21)24(18)23-12-8-9-17-30(23)4/h5-17H,1-4H3/q+1. The average Bonchev–Trinajstić information content (AvgIpc) is 2.97. The van der Waals surface area contributed by atoms with E-state index in [9.17, 15) is 0 Å². The molecule has 4 aromatic rings. The predicted octanol–water partition coefficient (Wildman–Crippen LogP) is 5.10. The van der Waals surface area contributed by atoms with Gasteiger partial charge in [-0.15, -0.1) is 0 Å². The van der Waals surface area contributed by atoms with Crippen molar-refractivity contribution >= 4 is 22.1 Å². The maximum absolute atomic E-state index is 16.1. The Balaban J connectivity index is 1.81. The summed E-state index contributed by atoms with van der Waals surface area (Å²) in [5.74, 6) is 4.66. The normalized spacial score (nSPS) is 13.8. The Labute approximate surface area is 180 Å². The number of pyridine rings is 1. The number of nitrogens with zero attached hydrogens (tertiary/aromatic N) is 1. The molecule has 0 fully saturated rings. The summed E-state index contributed by atoms with van der Waals surface area (Å²) in [7, 11) is 2.09. The number of aromatic nitrogens is 1. The Hall–Kier alpha value is -2.72. The SMILES string of the molecule is Cc1ccc2[c](c1-c1cccc[n+]1C)[Ge]([CH3])([CH3])[c]1c-2ccc(-c2ccccc2)c1F. The van der Waals surface area contributed by atoms with E-state index in [4.69, 9.17) is 0 Å². The molecule has 0 bridgehead atoms. The molecule has 1 aromatic heterocycles. The second-order valence-corrected chi connectivity index (χ2v) is 17.6. The molecule has 0 amide bonds. The van der Waals surface area contributed by atoms with Gasteiger partial charge in [-0.2, -0.15) is 0 Å². The topological polar surface area (TPSA) is 3.88 Å². The second-order valence-electron chi connectivity index (χ2n) is 8.72. The van der Waals surface area contributed by atoms with Crippen molar-refractivity contribution in [2.75, 3.05) is 0 Å². The van der Waals surface area contributed by atoms with Gasteiger partial charge in [-0.25, -0.2) is 0 Å². The van der Waals surface area contributed by atoms with Crippen molar-refractivity contribution < 1.29 is 8.96 Å². The summed E-state index contributed by atoms with van der Waals surface area (Å²) in [5, 5.41) is 0. The van der Waals surface area contributed by atoms with Gasteiger partial charge in [0.1, 0.15) is 0 Å². The molecule has 5 rings (SSSR count). The monoisotopic (exact) mass is 456 g/mol. The molecule has 148 valence electrons. The van der Waals surface area contributed by atoms with Gasteiger partial charge in [-0.1, -0.05) is 0 Å². The summed E-state index contributed by atoms with van der Waals surface area (Å²) in [6.45, 7) is 2.18. The van der Waals surface area contributed by atoms with E-state index in [0.29, 0.717) is 5.56 Å². The molecular weight excluding hydrogens is 430 g/mol. The van der Waals surface area contributed by atoms with Gasteiger partial charge in [-0.3, -0.25) is 0 Å². The zero-order valence-corrected chi connectivity index (χ0v) is 19.9. The van der Waals surface area contributed by atoms with Gasteiger partial charge in [0, 0.05) is 0 Å². The van der Waals surface area contributed by atoms with Crippen molar-refractivity contribution in [1.82, 2.24) is 0 Å². The van der Waals surface area contributed by atoms with E-state index in [1.165, 1.54) is 26.8 Å². The first-order valence-corrected chi connectivity index (χ1v) is 16.7. The van der Waals surface area contributed by atoms with Crippen LogP contribution < -0.4 is 13.4 Å². The van der Waals surface area contributed by atoms with Gasteiger partial charge in [0.15, 0.2) is 0 Å². The summed E-state index contributed by atoms with van der Waals surface area (Å²) < 4.78 is 20.6. The first-order valence-electron chi connectivity index (χ1n) is 10.4. The van der Waals surface area contributed by atoms with Crippen LogP contribution in [0.15, 0.2) is 79.0 Å². The first-order chi connectivity index (χ1) is 14.4. The summed E-state index contributed by atoms with van der Waals surface area (Å²) in [6.07, 6.45) is 2.09. The zero-order valence-electron chi connectivity index (χ0n) is 17.8. The van der Waals surface area contributed by atoms with E-state index in [1.54, 1.807) is 0 Å². The Kier molecular flexibility index (Phi) is 4.44. The number of hydrogen-bond donors (Lipinski definition) is 0. The molecule has 0 unspecified atom stereocenters. The molecule has 0 aliphatic carbocycles. The molecular formula is C27H25FGeN+. The molecule has 1 nitrogen and oxygen atoms in total. The van der Waals surface area contributed by atoms with Crippen molar-refractivity contribution in [1.29, 1.82) is 0 Å². The van der Waals surface area contributed by atoms with E-state index in [2.05, 4.69) is 72.6 Å². The fourth-order valence-electron chi connectivity index (χ4n) is 5.07. The molecule has 0 saturated heterocycles. The van der Waals surface area contributed by atoms with E-state index >= 15 is 4.39 Å². The molecule has 0 N–H and O–H groups in total. The molecule has 0 spiro atoms. The van der Waals surface area contributed by atoms with Crippen LogP contribution in [0.4, 0.5) is 4.39 Å². The first kappa shape index (κ1) is 19.3. The number of aryl methyl sites for hydroxylation is 2. The van der Waals surface area contributed by atoms with Gasteiger partial charge in [0.25, 0.3) is 0 Å². The van der Waals surface area contributed by atoms with Crippen LogP contribution in [0.5, 0.6) is 0 Å². The Morgan fingerprint density at radius 2 is 1.37 bits per heavy atom. The quantitative estimate of drug-likeness (QED) is 0.293. The molecule has 1 aliphatic heterocycles. The third-order valence-electron chi connectivity index (χ3n) is 6.49. The molecule has 2 heterocycles. The van der Waals surface area contributed by atoms with Gasteiger partial charge in [0.05, 0.1) is 0 Å². The van der Waals surface area contributed by atoms with Gasteiger partial charge in [-0.05, 0) is 0 Å². The number of fused-ring (bicyclic) bond motifs is 3. The predicted molar refractivity (Wildman–Crippen MR) is 125 cm³/mol. The summed E-state index contributed by atoms with van der Waals surface area (Å²) >= 11 is -2.90. The average molecular weight is 455 g/mol. The summed E-state index contributed by atoms with van der Waals surface area (Å²) in [5.41, 5.74) is 7.71. The third kappa shape index (κ3) is 2.70. The molecule has 3 aromatic carbocycles. The molecule has 1 aliphatic rings. The molecule has 3 heteroatoms. The Bertz CT molecular complexity index is 1290. The van der Waals surface area contributed by atoms with Crippen LogP contribution in [0, 0.1) is 12.7 Å². The van der Waals surface area contributed by atoms with Crippen LogP contribution in [0.1, 0.15) is 5.56 Å². The fourth-order valence-corrected chi connectivity index (χ4v) is 12.8. The van der Waals surface area contributed by atoms with Crippen molar-refractivity contribution in [2.24, 2.45) is 7.05 Å². The van der Waals surface area contributed by atoms with Crippen LogP contribution in [0.3, 0.4) is 0 Å². The summed E-state index contributed by atoms with van der Waals surface area (Å²) in [6, 6.07) is 24.7. The number of hydrogen-bond acceptors (Lipinski definition) is 0. The van der Waals surface area contributed by atoms with Crippen molar-refractivity contribution in [3.63, 3.8) is 0 Å². The third-order valence-corrected chi connectivity index (χ3v) is 13.9. The maximum atomic E-state index is 16.1. The Morgan fingerprint density at radius 1 is 0.733 bits per heavy atom. The van der Waals surface area contributed by atoms with Crippen molar-refractivity contribution in [2.45, 2.75) is 18.4 Å². The zero-order chi connectivity index (χ0) is 21.0. The van der Waals surface area contributed by atoms with Crippen LogP contribution in [0.2, 0.25) is 11.5 Å². The van der Waals surface area contributed by atoms with Crippen LogP contribution in [0.25, 0.3) is 33.5 Å². The molecule has 30 heavy (non-hydrogen) atoms. The van der Waals surface area contributed by atoms with Crippen molar-refractivity contribution in [3.05, 3.63) is 90.4 Å². The van der Waals surface area contributed by atoms with E-state index in [0.717, 1.165) is 15.5 Å². The van der Waals surface area contributed by atoms with Gasteiger partial charge >= 0.3 is 180 Å². The van der Waals surface area contributed by atoms with Crippen molar-refractivity contribution in [3.8, 4) is 33.5 Å². The summed E-state index contributed by atoms with van der Waals surface area (Å²) in [4.78, 5) is 0. The van der Waals surface area contributed by atoms with Crippen LogP contribution in [-0.2, 0) is 7.05 Å². The number of benzene rings is 3. The fraction of sp³-hybridized carbons (Fsp3) is 0.148. The molecule has 0 radical (unpaired) electrons. The van der Waals surface area contributed by atoms with E-state index < -0.39 is 13.3 Å². The van der Waals surface area contributed by atoms with Gasteiger partial charge < -0.3 is 0 Å². The minimum atomic E-state index is -2.90. The van der Waals surface area contributed by atoms with Crippen LogP contribution in [-0.4, -0.2) is 13.3 Å². The van der Waals surface area contributed by atoms with Gasteiger partial charge in [0.2, 0.25) is 0 Å². The number of halogens is 1. The molecule has 0 saturated carbocycles. The van der Waals surface area contributed by atoms with Crippen LogP contribution >= 0.6 is 0 Å². The number of rotatable bonds is 2. The minimum absolute atomic E-state index is 0.0269. The molecule has 0 atom stereocenters.